The summed E-state index contributed by atoms with van der Waals surface area (Å²) in [5, 5.41) is 6.60. The van der Waals surface area contributed by atoms with Crippen LogP contribution in [0.1, 0.15) is 73.6 Å². The van der Waals surface area contributed by atoms with Gasteiger partial charge in [0.15, 0.2) is 0 Å². The number of nitrogens with one attached hydrogen (secondary N) is 2. The molecule has 0 aliphatic heterocycles. The Labute approximate surface area is 163 Å². The highest BCUT2D eigenvalue weighted by atomic mass is 32.2. The normalized spacial score (nSPS) is 36.4. The Morgan fingerprint density at radius 2 is 1.42 bits per heavy atom. The van der Waals surface area contributed by atoms with Gasteiger partial charge < -0.3 is 10.6 Å². The molecule has 1 atom stereocenters. The Morgan fingerprint density at radius 3 is 1.81 bits per heavy atom. The lowest BCUT2D eigenvalue weighted by Gasteiger charge is -2.58. The Bertz CT molecular complexity index is 581. The number of hydrogen-bond donors (Lipinski definition) is 2. The Morgan fingerprint density at radius 1 is 0.962 bits per heavy atom. The Hall–Kier alpha value is -0.710. The molecule has 0 aromatic heterocycles. The second-order valence-corrected chi connectivity index (χ2v) is 11.2. The van der Waals surface area contributed by atoms with Gasteiger partial charge in [-0.1, -0.05) is 34.6 Å². The summed E-state index contributed by atoms with van der Waals surface area (Å²) >= 11 is 1.63. The standard InChI is InChI=1S/C21H36N2O2S/c1-8-15(26-7)16(24)22-13-9-21(10-13)11-14(12-21)23-17(25)20(6)18(2,3)19(20,4)5/h13-15H,8-12H2,1-7H3,(H,22,24)(H,23,25). The van der Waals surface area contributed by atoms with E-state index in [1.54, 1.807) is 11.8 Å². The lowest BCUT2D eigenvalue weighted by molar-refractivity contribution is -0.132. The molecule has 3 aliphatic carbocycles. The third-order valence-electron chi connectivity index (χ3n) is 8.80. The largest absolute Gasteiger partial charge is 0.353 e. The number of rotatable bonds is 6. The first-order valence-corrected chi connectivity index (χ1v) is 11.4. The van der Waals surface area contributed by atoms with Crippen molar-refractivity contribution >= 4 is 23.6 Å². The smallest absolute Gasteiger partial charge is 0.233 e. The van der Waals surface area contributed by atoms with Gasteiger partial charge in [0, 0.05) is 12.1 Å². The summed E-state index contributed by atoms with van der Waals surface area (Å²) in [4.78, 5) is 25.0. The zero-order valence-electron chi connectivity index (χ0n) is 17.5. The number of hydrogen-bond acceptors (Lipinski definition) is 3. The fraction of sp³-hybridized carbons (Fsp3) is 0.905. The molecule has 2 N–H and O–H groups in total. The lowest BCUT2D eigenvalue weighted by atomic mass is 9.52. The summed E-state index contributed by atoms with van der Waals surface area (Å²) in [5.41, 5.74) is 0.188. The molecule has 5 heteroatoms. The van der Waals surface area contributed by atoms with E-state index in [9.17, 15) is 9.59 Å². The molecule has 148 valence electrons. The van der Waals surface area contributed by atoms with Crippen LogP contribution < -0.4 is 10.6 Å². The predicted molar refractivity (Wildman–Crippen MR) is 108 cm³/mol. The van der Waals surface area contributed by atoms with E-state index in [1.165, 1.54) is 0 Å². The first kappa shape index (κ1) is 20.0. The van der Waals surface area contributed by atoms with Crippen LogP contribution in [0.15, 0.2) is 0 Å². The van der Waals surface area contributed by atoms with Crippen LogP contribution in [0.2, 0.25) is 0 Å². The van der Waals surface area contributed by atoms with E-state index < -0.39 is 0 Å². The van der Waals surface area contributed by atoms with Gasteiger partial charge in [0.2, 0.25) is 11.8 Å². The van der Waals surface area contributed by atoms with Crippen molar-refractivity contribution in [2.75, 3.05) is 6.26 Å². The molecule has 2 amide bonds. The molecule has 3 fully saturated rings. The minimum atomic E-state index is -0.272. The van der Waals surface area contributed by atoms with Gasteiger partial charge in [-0.3, -0.25) is 9.59 Å². The van der Waals surface area contributed by atoms with Crippen LogP contribution in [0.4, 0.5) is 0 Å². The van der Waals surface area contributed by atoms with Crippen molar-refractivity contribution in [2.45, 2.75) is 91.0 Å². The zero-order valence-corrected chi connectivity index (χ0v) is 18.3. The highest BCUT2D eigenvalue weighted by Gasteiger charge is 2.78. The summed E-state index contributed by atoms with van der Waals surface area (Å²) in [6.07, 6.45) is 7.17. The molecule has 3 aliphatic rings. The first-order valence-electron chi connectivity index (χ1n) is 10.1. The molecule has 3 saturated carbocycles. The van der Waals surface area contributed by atoms with Crippen LogP contribution in [0, 0.1) is 21.7 Å². The van der Waals surface area contributed by atoms with Crippen molar-refractivity contribution < 1.29 is 9.59 Å². The maximum atomic E-state index is 12.9. The van der Waals surface area contributed by atoms with Gasteiger partial charge in [-0.25, -0.2) is 0 Å². The lowest BCUT2D eigenvalue weighted by Crippen LogP contribution is -2.62. The minimum absolute atomic E-state index is 0.0461. The minimum Gasteiger partial charge on any atom is -0.353 e. The third kappa shape index (κ3) is 2.63. The number of thioether (sulfide) groups is 1. The average molecular weight is 381 g/mol. The van der Waals surface area contributed by atoms with Gasteiger partial charge in [-0.2, -0.15) is 11.8 Å². The van der Waals surface area contributed by atoms with Crippen molar-refractivity contribution in [3.63, 3.8) is 0 Å². The molecule has 4 nitrogen and oxygen atoms in total. The number of amides is 2. The van der Waals surface area contributed by atoms with Gasteiger partial charge >= 0.3 is 0 Å². The van der Waals surface area contributed by atoms with E-state index in [4.69, 9.17) is 0 Å². The van der Waals surface area contributed by atoms with Crippen LogP contribution in [0.5, 0.6) is 0 Å². The van der Waals surface area contributed by atoms with E-state index in [1.807, 2.05) is 6.26 Å². The van der Waals surface area contributed by atoms with Crippen molar-refractivity contribution in [3.05, 3.63) is 0 Å². The van der Waals surface area contributed by atoms with Crippen LogP contribution in [-0.2, 0) is 9.59 Å². The van der Waals surface area contributed by atoms with Gasteiger partial charge in [-0.15, -0.1) is 0 Å². The van der Waals surface area contributed by atoms with E-state index in [-0.39, 0.29) is 33.3 Å². The quantitative estimate of drug-likeness (QED) is 0.738. The van der Waals surface area contributed by atoms with E-state index >= 15 is 0 Å². The summed E-state index contributed by atoms with van der Waals surface area (Å²) in [5.74, 6) is 0.414. The SMILES string of the molecule is CCC(SC)C(=O)NC1CC2(C1)CC(NC(=O)C1(C)C(C)(C)C1(C)C)C2. The molecule has 0 aromatic rings. The number of carbonyl (C=O) groups excluding carboxylic acids is 2. The summed E-state index contributed by atoms with van der Waals surface area (Å²) in [6.45, 7) is 13.0. The highest BCUT2D eigenvalue weighted by molar-refractivity contribution is 7.99. The molecule has 0 saturated heterocycles. The van der Waals surface area contributed by atoms with E-state index in [0.717, 1.165) is 32.1 Å². The molecule has 0 radical (unpaired) electrons. The van der Waals surface area contributed by atoms with Crippen LogP contribution in [-0.4, -0.2) is 35.4 Å². The third-order valence-corrected chi connectivity index (χ3v) is 9.92. The van der Waals surface area contributed by atoms with Gasteiger partial charge in [0.05, 0.1) is 10.7 Å². The zero-order chi connectivity index (χ0) is 19.5. The summed E-state index contributed by atoms with van der Waals surface area (Å²) in [7, 11) is 0. The molecule has 3 rings (SSSR count). The van der Waals surface area contributed by atoms with E-state index in [2.05, 4.69) is 52.2 Å². The van der Waals surface area contributed by atoms with Gasteiger partial charge in [-0.05, 0) is 61.5 Å². The molecule has 1 unspecified atom stereocenters. The van der Waals surface area contributed by atoms with Crippen LogP contribution >= 0.6 is 11.8 Å². The molecular weight excluding hydrogens is 344 g/mol. The van der Waals surface area contributed by atoms with Crippen LogP contribution in [0.25, 0.3) is 0 Å². The fourth-order valence-electron chi connectivity index (χ4n) is 5.75. The second-order valence-electron chi connectivity index (χ2n) is 10.2. The van der Waals surface area contributed by atoms with Crippen molar-refractivity contribution in [1.29, 1.82) is 0 Å². The van der Waals surface area contributed by atoms with Crippen molar-refractivity contribution in [1.82, 2.24) is 10.6 Å². The van der Waals surface area contributed by atoms with Gasteiger partial charge in [0.25, 0.3) is 0 Å². The molecule has 1 spiro atoms. The molecule has 0 heterocycles. The Balaban J connectivity index is 1.43. The fourth-order valence-corrected chi connectivity index (χ4v) is 6.37. The van der Waals surface area contributed by atoms with Crippen molar-refractivity contribution in [2.24, 2.45) is 21.7 Å². The maximum absolute atomic E-state index is 12.9. The summed E-state index contributed by atoms with van der Waals surface area (Å²) < 4.78 is 0. The van der Waals surface area contributed by atoms with E-state index in [0.29, 0.717) is 17.5 Å². The highest BCUT2D eigenvalue weighted by Crippen LogP contribution is 2.77. The molecule has 26 heavy (non-hydrogen) atoms. The van der Waals surface area contributed by atoms with Gasteiger partial charge in [0.1, 0.15) is 0 Å². The summed E-state index contributed by atoms with van der Waals surface area (Å²) in [6, 6.07) is 0.650. The van der Waals surface area contributed by atoms with Crippen molar-refractivity contribution in [3.8, 4) is 0 Å². The maximum Gasteiger partial charge on any atom is 0.233 e. The first-order chi connectivity index (χ1) is 11.9. The molecule has 0 bridgehead atoms. The second kappa shape index (κ2) is 6.15. The average Bonchev–Trinajstić information content (AvgIpc) is 2.81. The predicted octanol–water partition coefficient (Wildman–Crippen LogP) is 3.74. The topological polar surface area (TPSA) is 58.2 Å². The van der Waals surface area contributed by atoms with Crippen LogP contribution in [0.3, 0.4) is 0 Å². The molecule has 0 aromatic carbocycles. The Kier molecular flexibility index (Phi) is 4.74. The monoisotopic (exact) mass is 380 g/mol. The molecular formula is C21H36N2O2S. The number of carbonyl (C=O) groups is 2.